The average Bonchev–Trinajstić information content (AvgIpc) is 2.87. The number of halogens is 1. The molecule has 4 aromatic carbocycles. The van der Waals surface area contributed by atoms with Gasteiger partial charge in [-0.2, -0.15) is 0 Å². The Hall–Kier alpha value is -3.75. The van der Waals surface area contributed by atoms with Gasteiger partial charge in [0.2, 0.25) is 0 Å². The van der Waals surface area contributed by atoms with Crippen LogP contribution in [0.15, 0.2) is 110 Å². The van der Waals surface area contributed by atoms with Crippen LogP contribution in [0, 0.1) is 0 Å². The predicted octanol–water partition coefficient (Wildman–Crippen LogP) is 8.78. The lowest BCUT2D eigenvalue weighted by atomic mass is 9.95. The number of nitrogens with zero attached hydrogens (tertiary/aromatic N) is 1. The van der Waals surface area contributed by atoms with E-state index in [9.17, 15) is 0 Å². The van der Waals surface area contributed by atoms with Crippen LogP contribution in [0.5, 0.6) is 5.75 Å². The minimum atomic E-state index is 0.518. The van der Waals surface area contributed by atoms with Crippen molar-refractivity contribution >= 4 is 34.1 Å². The van der Waals surface area contributed by atoms with Crippen LogP contribution in [0.4, 0.5) is 11.4 Å². The van der Waals surface area contributed by atoms with Crippen LogP contribution in [0.1, 0.15) is 29.2 Å². The fourth-order valence-electron chi connectivity index (χ4n) is 3.78. The lowest BCUT2D eigenvalue weighted by molar-refractivity contribution is 0.305. The summed E-state index contributed by atoms with van der Waals surface area (Å²) in [5, 5.41) is 0.731. The molecule has 0 aliphatic carbocycles. The summed E-state index contributed by atoms with van der Waals surface area (Å²) >= 11 is 6.02. The molecule has 0 aliphatic heterocycles. The number of allylic oxidation sites excluding steroid dienone is 1. The van der Waals surface area contributed by atoms with Crippen molar-refractivity contribution in [3.05, 3.63) is 137 Å². The molecular formula is C31H28ClNO. The highest BCUT2D eigenvalue weighted by Crippen LogP contribution is 2.32. The van der Waals surface area contributed by atoms with E-state index in [-0.39, 0.29) is 0 Å². The van der Waals surface area contributed by atoms with Gasteiger partial charge in [0.25, 0.3) is 0 Å². The Labute approximate surface area is 207 Å². The monoisotopic (exact) mass is 465 g/mol. The number of rotatable bonds is 8. The molecule has 0 bridgehead atoms. The molecular weight excluding hydrogens is 438 g/mol. The molecule has 4 rings (SSSR count). The summed E-state index contributed by atoms with van der Waals surface area (Å²) in [5.41, 5.74) is 8.32. The summed E-state index contributed by atoms with van der Waals surface area (Å²) < 4.78 is 6.11. The Balaban J connectivity index is 1.52. The Morgan fingerprint density at radius 3 is 2.00 bits per heavy atom. The molecule has 0 aromatic heterocycles. The molecule has 3 heteroatoms. The van der Waals surface area contributed by atoms with E-state index in [0.29, 0.717) is 6.61 Å². The van der Waals surface area contributed by atoms with Gasteiger partial charge < -0.3 is 9.64 Å². The van der Waals surface area contributed by atoms with Crippen molar-refractivity contribution in [2.24, 2.45) is 0 Å². The summed E-state index contributed by atoms with van der Waals surface area (Å²) in [6, 6.07) is 32.6. The van der Waals surface area contributed by atoms with E-state index in [4.69, 9.17) is 16.3 Å². The first kappa shape index (κ1) is 23.4. The Kier molecular flexibility index (Phi) is 7.20. The second kappa shape index (κ2) is 10.5. The van der Waals surface area contributed by atoms with E-state index in [0.717, 1.165) is 55.5 Å². The fraction of sp³-hybridized carbons (Fsp3) is 0.0968. The van der Waals surface area contributed by atoms with Crippen LogP contribution >= 0.6 is 11.6 Å². The van der Waals surface area contributed by atoms with Crippen molar-refractivity contribution in [1.82, 2.24) is 0 Å². The van der Waals surface area contributed by atoms with Gasteiger partial charge in [0.05, 0.1) is 0 Å². The van der Waals surface area contributed by atoms with Gasteiger partial charge in [0, 0.05) is 29.0 Å². The van der Waals surface area contributed by atoms with Gasteiger partial charge in [-0.3, -0.25) is 0 Å². The quantitative estimate of drug-likeness (QED) is 0.258. The van der Waals surface area contributed by atoms with Crippen molar-refractivity contribution in [1.29, 1.82) is 0 Å². The first-order valence-corrected chi connectivity index (χ1v) is 11.6. The summed E-state index contributed by atoms with van der Waals surface area (Å²) in [6.07, 6.45) is 0. The molecule has 0 unspecified atom stereocenters. The topological polar surface area (TPSA) is 12.5 Å². The summed E-state index contributed by atoms with van der Waals surface area (Å²) in [6.45, 7) is 11.0. The normalized spacial score (nSPS) is 10.6. The van der Waals surface area contributed by atoms with Crippen LogP contribution in [0.3, 0.4) is 0 Å². The van der Waals surface area contributed by atoms with Crippen LogP contribution < -0.4 is 9.64 Å². The van der Waals surface area contributed by atoms with Crippen molar-refractivity contribution in [3.8, 4) is 5.75 Å². The lowest BCUT2D eigenvalue weighted by Crippen LogP contribution is -2.09. The van der Waals surface area contributed by atoms with E-state index < -0.39 is 0 Å². The maximum atomic E-state index is 6.11. The molecule has 0 atom stereocenters. The third kappa shape index (κ3) is 5.41. The first-order chi connectivity index (χ1) is 16.4. The van der Waals surface area contributed by atoms with Crippen LogP contribution in [-0.2, 0) is 6.61 Å². The Morgan fingerprint density at radius 1 is 0.794 bits per heavy atom. The molecule has 34 heavy (non-hydrogen) atoms. The molecule has 0 radical (unpaired) electrons. The highest BCUT2D eigenvalue weighted by Gasteiger charge is 2.11. The first-order valence-electron chi connectivity index (χ1n) is 11.2. The molecule has 0 heterocycles. The van der Waals surface area contributed by atoms with Gasteiger partial charge in [0.1, 0.15) is 12.4 Å². The Morgan fingerprint density at radius 2 is 1.38 bits per heavy atom. The van der Waals surface area contributed by atoms with E-state index in [1.807, 2.05) is 62.5 Å². The van der Waals surface area contributed by atoms with Gasteiger partial charge in [-0.25, -0.2) is 0 Å². The lowest BCUT2D eigenvalue weighted by Gasteiger charge is -2.20. The van der Waals surface area contributed by atoms with Crippen LogP contribution in [-0.4, -0.2) is 7.05 Å². The maximum absolute atomic E-state index is 6.11. The largest absolute Gasteiger partial charge is 0.488 e. The van der Waals surface area contributed by atoms with Crippen molar-refractivity contribution in [2.45, 2.75) is 13.5 Å². The molecule has 2 nitrogen and oxygen atoms in total. The number of anilines is 2. The molecule has 0 N–H and O–H groups in total. The summed E-state index contributed by atoms with van der Waals surface area (Å²) in [7, 11) is 2.04. The molecule has 0 amide bonds. The minimum Gasteiger partial charge on any atom is -0.488 e. The molecule has 170 valence electrons. The smallest absolute Gasteiger partial charge is 0.127 e. The average molecular weight is 466 g/mol. The number of ether oxygens (including phenoxy) is 1. The standard InChI is InChI=1S/C31H28ClNO/c1-22(2)30-20-26(12-19-31(30)34-21-24-8-6-5-7-9-24)23(3)25-10-15-28(16-11-25)33(4)29-17-13-27(32)14-18-29/h5-20H,1,3,21H2,2,4H3. The van der Waals surface area contributed by atoms with E-state index >= 15 is 0 Å². The zero-order valence-corrected chi connectivity index (χ0v) is 20.3. The zero-order chi connectivity index (χ0) is 24.1. The minimum absolute atomic E-state index is 0.518. The second-order valence-corrected chi connectivity index (χ2v) is 8.76. The SMILES string of the molecule is C=C(c1ccc(N(C)c2ccc(Cl)cc2)cc1)c1ccc(OCc2ccccc2)c(C(=C)C)c1. The van der Waals surface area contributed by atoms with Gasteiger partial charge >= 0.3 is 0 Å². The molecule has 0 aliphatic rings. The highest BCUT2D eigenvalue weighted by atomic mass is 35.5. The number of benzene rings is 4. The molecule has 0 saturated carbocycles. The maximum Gasteiger partial charge on any atom is 0.127 e. The molecule has 0 saturated heterocycles. The molecule has 0 spiro atoms. The third-order valence-corrected chi connectivity index (χ3v) is 6.09. The van der Waals surface area contributed by atoms with E-state index in [1.54, 1.807) is 0 Å². The zero-order valence-electron chi connectivity index (χ0n) is 19.6. The second-order valence-electron chi connectivity index (χ2n) is 8.33. The van der Waals surface area contributed by atoms with E-state index in [1.165, 1.54) is 0 Å². The fourth-order valence-corrected chi connectivity index (χ4v) is 3.91. The van der Waals surface area contributed by atoms with Crippen molar-refractivity contribution in [2.75, 3.05) is 11.9 Å². The Bertz CT molecular complexity index is 1290. The van der Waals surface area contributed by atoms with Gasteiger partial charge in [-0.05, 0) is 83.3 Å². The van der Waals surface area contributed by atoms with E-state index in [2.05, 4.69) is 66.6 Å². The number of hydrogen-bond donors (Lipinski definition) is 0. The number of hydrogen-bond acceptors (Lipinski definition) is 2. The third-order valence-electron chi connectivity index (χ3n) is 5.84. The van der Waals surface area contributed by atoms with Crippen LogP contribution in [0.25, 0.3) is 11.1 Å². The van der Waals surface area contributed by atoms with Gasteiger partial charge in [-0.1, -0.05) is 73.3 Å². The molecule has 0 fully saturated rings. The molecule has 4 aromatic rings. The van der Waals surface area contributed by atoms with Crippen molar-refractivity contribution < 1.29 is 4.74 Å². The predicted molar refractivity (Wildman–Crippen MR) is 146 cm³/mol. The van der Waals surface area contributed by atoms with Crippen LogP contribution in [0.2, 0.25) is 5.02 Å². The summed E-state index contributed by atoms with van der Waals surface area (Å²) in [4.78, 5) is 2.13. The van der Waals surface area contributed by atoms with Gasteiger partial charge in [0.15, 0.2) is 0 Å². The summed E-state index contributed by atoms with van der Waals surface area (Å²) in [5.74, 6) is 0.827. The highest BCUT2D eigenvalue weighted by molar-refractivity contribution is 6.30. The van der Waals surface area contributed by atoms with Crippen molar-refractivity contribution in [3.63, 3.8) is 0 Å². The van der Waals surface area contributed by atoms with Gasteiger partial charge in [-0.15, -0.1) is 0 Å².